The molecule has 0 spiro atoms. The molecule has 22 heavy (non-hydrogen) atoms. The number of ether oxygens (including phenoxy) is 2. The monoisotopic (exact) mass is 335 g/mol. The Hall–Kier alpha value is -1.42. The highest BCUT2D eigenvalue weighted by Gasteiger charge is 2.52. The summed E-state index contributed by atoms with van der Waals surface area (Å²) >= 11 is 0. The van der Waals surface area contributed by atoms with Gasteiger partial charge in [-0.3, -0.25) is 14.3 Å². The van der Waals surface area contributed by atoms with Crippen LogP contribution in [0.15, 0.2) is 21.9 Å². The van der Waals surface area contributed by atoms with E-state index in [4.69, 9.17) is 18.9 Å². The van der Waals surface area contributed by atoms with Crippen LogP contribution in [0.25, 0.3) is 0 Å². The third kappa shape index (κ3) is 3.32. The Morgan fingerprint density at radius 3 is 2.64 bits per heavy atom. The van der Waals surface area contributed by atoms with Crippen molar-refractivity contribution in [2.45, 2.75) is 37.6 Å². The van der Waals surface area contributed by atoms with E-state index >= 15 is 0 Å². The summed E-state index contributed by atoms with van der Waals surface area (Å²) in [4.78, 5) is 34.0. The first-order valence-corrected chi connectivity index (χ1v) is 7.49. The zero-order valence-electron chi connectivity index (χ0n) is 11.8. The molecule has 6 atom stereocenters. The van der Waals surface area contributed by atoms with E-state index in [9.17, 15) is 19.3 Å². The Morgan fingerprint density at radius 2 is 2.14 bits per heavy atom. The van der Waals surface area contributed by atoms with E-state index in [0.717, 1.165) is 10.6 Å². The minimum atomic E-state index is -2.96. The van der Waals surface area contributed by atoms with Crippen molar-refractivity contribution >= 4 is 8.25 Å². The standard InChI is InChI=1S/C11H15N2O8P/c1-5(14)7-8(21-22(17)18)9(19-2)10(20-7)13-4-3-6(15)12-11(13)16/h3-5,7-10,14H,1-2H3,(H-,12,15,16,17,18)/p+1/t5-,7+,8?,9?,10+/m0/s1. The number of nitrogens with one attached hydrogen (secondary N) is 1. The third-order valence-electron chi connectivity index (χ3n) is 3.31. The number of aromatic amines is 1. The molecule has 122 valence electrons. The Kier molecular flexibility index (Phi) is 5.22. The maximum Gasteiger partial charge on any atom is 0.695 e. The second-order valence-corrected chi connectivity index (χ2v) is 5.44. The fraction of sp³-hybridized carbons (Fsp3) is 0.636. The number of aliphatic hydroxyl groups excluding tert-OH is 1. The average Bonchev–Trinajstić information content (AvgIpc) is 2.76. The van der Waals surface area contributed by atoms with Crippen LogP contribution in [0.1, 0.15) is 13.2 Å². The van der Waals surface area contributed by atoms with Crippen LogP contribution in [-0.2, 0) is 18.6 Å². The molecule has 0 bridgehead atoms. The van der Waals surface area contributed by atoms with Gasteiger partial charge in [0, 0.05) is 23.9 Å². The van der Waals surface area contributed by atoms with Crippen molar-refractivity contribution < 1.29 is 28.6 Å². The number of hydrogen-bond donors (Lipinski definition) is 3. The largest absolute Gasteiger partial charge is 0.695 e. The lowest BCUT2D eigenvalue weighted by molar-refractivity contribution is -0.0817. The topological polar surface area (TPSA) is 140 Å². The molecule has 1 fully saturated rings. The molecule has 10 nitrogen and oxygen atoms in total. The van der Waals surface area contributed by atoms with Gasteiger partial charge in [0.1, 0.15) is 12.2 Å². The zero-order valence-corrected chi connectivity index (χ0v) is 12.7. The number of H-pyrrole nitrogens is 1. The Labute approximate surface area is 125 Å². The van der Waals surface area contributed by atoms with Crippen LogP contribution in [0, 0.1) is 0 Å². The van der Waals surface area contributed by atoms with Gasteiger partial charge in [0.15, 0.2) is 12.3 Å². The lowest BCUT2D eigenvalue weighted by Gasteiger charge is -2.19. The summed E-state index contributed by atoms with van der Waals surface area (Å²) in [5.74, 6) is 0. The smallest absolute Gasteiger partial charge is 0.391 e. The van der Waals surface area contributed by atoms with Gasteiger partial charge < -0.3 is 14.6 Å². The molecule has 0 aromatic carbocycles. The predicted octanol–water partition coefficient (Wildman–Crippen LogP) is -1.14. The van der Waals surface area contributed by atoms with Gasteiger partial charge in [0.2, 0.25) is 0 Å². The Bertz CT molecular complexity index is 656. The van der Waals surface area contributed by atoms with E-state index in [1.807, 2.05) is 0 Å². The van der Waals surface area contributed by atoms with E-state index in [2.05, 4.69) is 4.98 Å². The first-order chi connectivity index (χ1) is 10.3. The quantitative estimate of drug-likeness (QED) is 0.574. The van der Waals surface area contributed by atoms with E-state index in [1.165, 1.54) is 20.2 Å². The molecule has 0 saturated carbocycles. The summed E-state index contributed by atoms with van der Waals surface area (Å²) in [6.07, 6.45) is -3.86. The van der Waals surface area contributed by atoms with Crippen LogP contribution >= 0.6 is 8.25 Å². The summed E-state index contributed by atoms with van der Waals surface area (Å²) < 4.78 is 27.6. The first-order valence-electron chi connectivity index (χ1n) is 6.36. The predicted molar refractivity (Wildman–Crippen MR) is 72.4 cm³/mol. The van der Waals surface area contributed by atoms with E-state index < -0.39 is 50.1 Å². The molecule has 1 aliphatic rings. The second kappa shape index (κ2) is 6.78. The van der Waals surface area contributed by atoms with E-state index in [0.29, 0.717) is 0 Å². The summed E-state index contributed by atoms with van der Waals surface area (Å²) in [6.45, 7) is 1.41. The first kappa shape index (κ1) is 16.9. The van der Waals surface area contributed by atoms with Crippen molar-refractivity contribution in [1.82, 2.24) is 9.55 Å². The van der Waals surface area contributed by atoms with Crippen molar-refractivity contribution in [1.29, 1.82) is 0 Å². The van der Waals surface area contributed by atoms with Gasteiger partial charge in [-0.2, -0.15) is 0 Å². The lowest BCUT2D eigenvalue weighted by Crippen LogP contribution is -2.40. The molecule has 3 unspecified atom stereocenters. The molecule has 1 aromatic rings. The summed E-state index contributed by atoms with van der Waals surface area (Å²) in [5.41, 5.74) is -1.32. The maximum atomic E-state index is 11.9. The van der Waals surface area contributed by atoms with Gasteiger partial charge in [-0.1, -0.05) is 0 Å². The van der Waals surface area contributed by atoms with Crippen LogP contribution < -0.4 is 11.2 Å². The summed E-state index contributed by atoms with van der Waals surface area (Å²) in [5, 5.41) is 9.74. The van der Waals surface area contributed by atoms with Crippen molar-refractivity contribution in [2.75, 3.05) is 7.11 Å². The van der Waals surface area contributed by atoms with Crippen molar-refractivity contribution in [2.24, 2.45) is 0 Å². The van der Waals surface area contributed by atoms with Gasteiger partial charge in [-0.15, -0.1) is 9.42 Å². The minimum Gasteiger partial charge on any atom is -0.391 e. The molecule has 1 aromatic heterocycles. The molecular formula is C11H16N2O8P+. The number of aliphatic hydroxyl groups is 1. The van der Waals surface area contributed by atoms with Crippen molar-refractivity contribution in [3.63, 3.8) is 0 Å². The molecule has 0 radical (unpaired) electrons. The third-order valence-corrected chi connectivity index (χ3v) is 3.73. The van der Waals surface area contributed by atoms with E-state index in [1.54, 1.807) is 0 Å². The van der Waals surface area contributed by atoms with Gasteiger partial charge >= 0.3 is 13.9 Å². The summed E-state index contributed by atoms with van der Waals surface area (Å²) in [6, 6.07) is 1.12. The van der Waals surface area contributed by atoms with Crippen molar-refractivity contribution in [3.05, 3.63) is 33.1 Å². The highest BCUT2D eigenvalue weighted by Crippen LogP contribution is 2.37. The zero-order chi connectivity index (χ0) is 16.4. The number of rotatable bonds is 5. The normalized spacial score (nSPS) is 30.3. The number of aromatic nitrogens is 2. The minimum absolute atomic E-state index is 0.577. The average molecular weight is 335 g/mol. The Morgan fingerprint density at radius 1 is 1.45 bits per heavy atom. The molecule has 1 aliphatic heterocycles. The van der Waals surface area contributed by atoms with E-state index in [-0.39, 0.29) is 0 Å². The van der Waals surface area contributed by atoms with Gasteiger partial charge in [0.05, 0.1) is 6.10 Å². The maximum absolute atomic E-state index is 11.9. The molecular weight excluding hydrogens is 319 g/mol. The second-order valence-electron chi connectivity index (χ2n) is 4.76. The molecule has 0 aliphatic carbocycles. The van der Waals surface area contributed by atoms with Gasteiger partial charge in [-0.05, 0) is 6.92 Å². The fourth-order valence-corrected chi connectivity index (χ4v) is 2.83. The highest BCUT2D eigenvalue weighted by atomic mass is 31.1. The van der Waals surface area contributed by atoms with Gasteiger partial charge in [-0.25, -0.2) is 4.79 Å². The summed E-state index contributed by atoms with van der Waals surface area (Å²) in [7, 11) is -1.65. The van der Waals surface area contributed by atoms with Crippen molar-refractivity contribution in [3.8, 4) is 0 Å². The number of hydrogen-bond acceptors (Lipinski definition) is 7. The molecule has 2 rings (SSSR count). The lowest BCUT2D eigenvalue weighted by atomic mass is 10.1. The van der Waals surface area contributed by atoms with Crippen LogP contribution in [0.3, 0.4) is 0 Å². The molecule has 3 N–H and O–H groups in total. The SMILES string of the molecule is COC1C(O[P+](=O)O)[C@@H]([C@H](C)O)O[C@H]1n1ccc(=O)[nH]c1=O. The number of methoxy groups -OCH3 is 1. The van der Waals surface area contributed by atoms with Crippen LogP contribution in [-0.4, -0.2) is 51.1 Å². The molecule has 0 amide bonds. The van der Waals surface area contributed by atoms with Crippen LogP contribution in [0.4, 0.5) is 0 Å². The highest BCUT2D eigenvalue weighted by molar-refractivity contribution is 7.32. The van der Waals surface area contributed by atoms with Crippen LogP contribution in [0.2, 0.25) is 0 Å². The molecule has 1 saturated heterocycles. The number of nitrogens with zero attached hydrogens (tertiary/aromatic N) is 1. The molecule has 11 heteroatoms. The van der Waals surface area contributed by atoms with Gasteiger partial charge in [0.25, 0.3) is 5.56 Å². The Balaban J connectivity index is 2.41. The fourth-order valence-electron chi connectivity index (χ4n) is 2.38. The van der Waals surface area contributed by atoms with Crippen LogP contribution in [0.5, 0.6) is 0 Å². The molecule has 2 heterocycles.